The van der Waals surface area contributed by atoms with E-state index in [0.29, 0.717) is 10.4 Å². The molecule has 0 saturated carbocycles. The number of halogens is 2. The molecule has 0 amide bonds. The van der Waals surface area contributed by atoms with Gasteiger partial charge in [0.25, 0.3) is 0 Å². The number of anilines is 1. The molecule has 0 aliphatic heterocycles. The maximum absolute atomic E-state index is 10.6. The van der Waals surface area contributed by atoms with Crippen LogP contribution >= 0.6 is 23.6 Å². The lowest BCUT2D eigenvalue weighted by Gasteiger charge is -2.02. The van der Waals surface area contributed by atoms with E-state index >= 15 is 0 Å². The summed E-state index contributed by atoms with van der Waals surface area (Å²) >= 11 is 10.6. The summed E-state index contributed by atoms with van der Waals surface area (Å²) in [7, 11) is 0. The summed E-state index contributed by atoms with van der Waals surface area (Å²) in [5.41, 5.74) is 0.445. The monoisotopic (exact) mass is 178 g/mol. The highest BCUT2D eigenvalue weighted by Gasteiger charge is 2.01. The van der Waals surface area contributed by atoms with Gasteiger partial charge in [-0.1, -0.05) is 0 Å². The Morgan fingerprint density at radius 2 is 2.20 bits per heavy atom. The smallest absolute Gasteiger partial charge is 0.206 e. The molecule has 1 rings (SSSR count). The molecule has 0 spiro atoms. The summed E-state index contributed by atoms with van der Waals surface area (Å²) in [6, 6.07) is 3.18. The molecule has 54 valence electrons. The van der Waals surface area contributed by atoms with Gasteiger partial charge < -0.3 is 5.21 Å². The van der Waals surface area contributed by atoms with Crippen LogP contribution in [0.1, 0.15) is 0 Å². The molecular weight excluding hydrogens is 175 g/mol. The molecule has 1 aromatic heterocycles. The number of hydrogen-bond donors (Lipinski definition) is 0. The first-order valence-electron chi connectivity index (χ1n) is 2.50. The Kier molecular flexibility index (Phi) is 2.19. The highest BCUT2D eigenvalue weighted by atomic mass is 35.5. The van der Waals surface area contributed by atoms with Gasteiger partial charge in [-0.3, -0.25) is 0 Å². The first-order valence-corrected chi connectivity index (χ1v) is 3.18. The summed E-state index contributed by atoms with van der Waals surface area (Å²) in [6.45, 7) is 0. The average molecular weight is 179 g/mol. The largest absolute Gasteiger partial charge is 0.619 e. The summed E-state index contributed by atoms with van der Waals surface area (Å²) in [5, 5.41) is 10.6. The van der Waals surface area contributed by atoms with Crippen molar-refractivity contribution >= 4 is 29.2 Å². The Hall–Kier alpha value is -0.670. The first-order chi connectivity index (χ1) is 4.70. The third kappa shape index (κ3) is 1.65. The predicted molar refractivity (Wildman–Crippen MR) is 39.6 cm³/mol. The fourth-order valence-electron chi connectivity index (χ4n) is 0.543. The second-order valence-electron chi connectivity index (χ2n) is 1.65. The van der Waals surface area contributed by atoms with Crippen LogP contribution < -0.4 is 8.67 Å². The number of rotatable bonds is 1. The van der Waals surface area contributed by atoms with Gasteiger partial charge in [0.15, 0.2) is 6.20 Å². The van der Waals surface area contributed by atoms with Crippen LogP contribution in [0.15, 0.2) is 24.5 Å². The second kappa shape index (κ2) is 2.94. The van der Waals surface area contributed by atoms with E-state index in [1.807, 2.05) is 0 Å². The van der Waals surface area contributed by atoms with Crippen molar-refractivity contribution in [3.8, 4) is 0 Å². The predicted octanol–water partition coefficient (Wildman–Crippen LogP) is 1.43. The topological polar surface area (TPSA) is 30.2 Å². The number of aromatic nitrogens is 1. The molecule has 0 atom stereocenters. The van der Waals surface area contributed by atoms with E-state index in [1.165, 1.54) is 12.4 Å². The quantitative estimate of drug-likeness (QED) is 0.370. The van der Waals surface area contributed by atoms with E-state index in [1.54, 1.807) is 12.1 Å². The lowest BCUT2D eigenvalue weighted by molar-refractivity contribution is -0.604. The van der Waals surface area contributed by atoms with Gasteiger partial charge in [0.05, 0.1) is 0 Å². The number of nitrogens with zero attached hydrogens (tertiary/aromatic N) is 2. The Morgan fingerprint density at radius 1 is 1.50 bits per heavy atom. The molecule has 1 heterocycles. The normalized spacial score (nSPS) is 9.40. The minimum Gasteiger partial charge on any atom is -0.619 e. The zero-order chi connectivity index (χ0) is 7.56. The molecule has 10 heavy (non-hydrogen) atoms. The van der Waals surface area contributed by atoms with Crippen molar-refractivity contribution in [1.82, 2.24) is 0 Å². The van der Waals surface area contributed by atoms with Gasteiger partial charge in [0.1, 0.15) is 5.69 Å². The highest BCUT2D eigenvalue weighted by Crippen LogP contribution is 2.14. The SMILES string of the molecule is [O-][n+]1cccc(N(Cl)Cl)c1. The standard InChI is InChI=1S/C5H4Cl2N2O/c6-9(7)5-2-1-3-8(10)4-5/h1-4H. The van der Waals surface area contributed by atoms with Crippen molar-refractivity contribution in [2.45, 2.75) is 0 Å². The molecule has 0 unspecified atom stereocenters. The van der Waals surface area contributed by atoms with Gasteiger partial charge >= 0.3 is 0 Å². The van der Waals surface area contributed by atoms with Gasteiger partial charge in [-0.15, -0.1) is 0 Å². The number of pyridine rings is 1. The molecule has 0 aliphatic rings. The molecule has 0 saturated heterocycles. The van der Waals surface area contributed by atoms with Crippen LogP contribution in [0.25, 0.3) is 0 Å². The Balaban J connectivity index is 2.96. The zero-order valence-corrected chi connectivity index (χ0v) is 6.38. The first kappa shape index (κ1) is 7.44. The Bertz CT molecular complexity index is 229. The van der Waals surface area contributed by atoms with Crippen LogP contribution in [0.3, 0.4) is 0 Å². The lowest BCUT2D eigenvalue weighted by Crippen LogP contribution is -2.24. The van der Waals surface area contributed by atoms with Crippen LogP contribution in [-0.4, -0.2) is 0 Å². The van der Waals surface area contributed by atoms with Crippen LogP contribution in [0.2, 0.25) is 0 Å². The molecular formula is C5H4Cl2N2O. The van der Waals surface area contributed by atoms with E-state index in [4.69, 9.17) is 23.6 Å². The van der Waals surface area contributed by atoms with Crippen LogP contribution in [0.4, 0.5) is 5.69 Å². The molecule has 1 aromatic rings. The third-order valence-electron chi connectivity index (χ3n) is 0.955. The molecule has 3 nitrogen and oxygen atoms in total. The zero-order valence-electron chi connectivity index (χ0n) is 4.87. The Labute approximate surface area is 68.2 Å². The van der Waals surface area contributed by atoms with Crippen molar-refractivity contribution in [2.24, 2.45) is 0 Å². The van der Waals surface area contributed by atoms with Crippen LogP contribution in [-0.2, 0) is 0 Å². The minimum absolute atomic E-state index is 0.445. The van der Waals surface area contributed by atoms with E-state index in [2.05, 4.69) is 0 Å². The molecule has 0 N–H and O–H groups in total. The van der Waals surface area contributed by atoms with Gasteiger partial charge in [-0.05, 0) is 6.07 Å². The summed E-state index contributed by atoms with van der Waals surface area (Å²) in [5.74, 6) is 0. The maximum Gasteiger partial charge on any atom is 0.206 e. The van der Waals surface area contributed by atoms with Gasteiger partial charge in [-0.25, -0.2) is 0 Å². The van der Waals surface area contributed by atoms with Crippen molar-refractivity contribution in [2.75, 3.05) is 3.94 Å². The molecule has 5 heteroatoms. The number of hydrogen-bond acceptors (Lipinski definition) is 2. The molecule has 0 radical (unpaired) electrons. The molecule has 0 fully saturated rings. The fraction of sp³-hybridized carbons (Fsp3) is 0. The van der Waals surface area contributed by atoms with Crippen molar-refractivity contribution in [1.29, 1.82) is 0 Å². The van der Waals surface area contributed by atoms with Gasteiger partial charge in [0, 0.05) is 29.6 Å². The van der Waals surface area contributed by atoms with E-state index < -0.39 is 0 Å². The van der Waals surface area contributed by atoms with E-state index in [-0.39, 0.29) is 0 Å². The molecule has 0 aliphatic carbocycles. The van der Waals surface area contributed by atoms with Crippen molar-refractivity contribution in [3.05, 3.63) is 29.7 Å². The van der Waals surface area contributed by atoms with Crippen molar-refractivity contribution < 1.29 is 4.73 Å². The molecule has 0 aromatic carbocycles. The summed E-state index contributed by atoms with van der Waals surface area (Å²) in [4.78, 5) is 0. The minimum atomic E-state index is 0.445. The van der Waals surface area contributed by atoms with E-state index in [0.717, 1.165) is 3.94 Å². The van der Waals surface area contributed by atoms with E-state index in [9.17, 15) is 5.21 Å². The van der Waals surface area contributed by atoms with Crippen LogP contribution in [0.5, 0.6) is 0 Å². The third-order valence-corrected chi connectivity index (χ3v) is 1.35. The van der Waals surface area contributed by atoms with Crippen LogP contribution in [0, 0.1) is 5.21 Å². The lowest BCUT2D eigenvalue weighted by atomic mass is 10.4. The van der Waals surface area contributed by atoms with Gasteiger partial charge in [0.2, 0.25) is 6.20 Å². The van der Waals surface area contributed by atoms with Crippen molar-refractivity contribution in [3.63, 3.8) is 0 Å². The summed E-state index contributed by atoms with van der Waals surface area (Å²) < 4.78 is 1.45. The second-order valence-corrected chi connectivity index (χ2v) is 2.50. The Morgan fingerprint density at radius 3 is 2.60 bits per heavy atom. The average Bonchev–Trinajstić information content (AvgIpc) is 1.88. The van der Waals surface area contributed by atoms with Gasteiger partial charge in [-0.2, -0.15) is 8.67 Å². The fourth-order valence-corrected chi connectivity index (χ4v) is 0.743. The summed E-state index contributed by atoms with van der Waals surface area (Å²) in [6.07, 6.45) is 2.61. The molecule has 0 bridgehead atoms. The highest BCUT2D eigenvalue weighted by molar-refractivity contribution is 6.49. The maximum atomic E-state index is 10.6.